The van der Waals surface area contributed by atoms with E-state index in [1.165, 1.54) is 23.2 Å². The van der Waals surface area contributed by atoms with Crippen LogP contribution in [0.3, 0.4) is 0 Å². The fourth-order valence-electron chi connectivity index (χ4n) is 4.43. The maximum atomic E-state index is 13.9. The molecule has 0 saturated carbocycles. The molecule has 1 N–H and O–H groups in total. The summed E-state index contributed by atoms with van der Waals surface area (Å²) < 4.78 is 11.8. The third-order valence-electron chi connectivity index (χ3n) is 6.21. The lowest BCUT2D eigenvalue weighted by atomic mass is 9.95. The van der Waals surface area contributed by atoms with Gasteiger partial charge in [0.15, 0.2) is 28.2 Å². The molecular weight excluding hydrogens is 538 g/mol. The predicted molar refractivity (Wildman–Crippen MR) is 151 cm³/mol. The third-order valence-corrected chi connectivity index (χ3v) is 8.54. The number of anilines is 1. The van der Waals surface area contributed by atoms with Crippen LogP contribution in [0.2, 0.25) is 0 Å². The molecule has 1 unspecified atom stereocenters. The summed E-state index contributed by atoms with van der Waals surface area (Å²) in [5.41, 5.74) is 1.44. The average Bonchev–Trinajstić information content (AvgIpc) is 3.52. The number of unbranched alkanes of at least 4 members (excludes halogenated alkanes) is 1. The van der Waals surface area contributed by atoms with Crippen molar-refractivity contribution in [2.24, 2.45) is 0 Å². The number of rotatable bonds is 11. The van der Waals surface area contributed by atoms with Gasteiger partial charge in [0.2, 0.25) is 5.78 Å². The number of aliphatic hydroxyl groups is 1. The van der Waals surface area contributed by atoms with Crippen LogP contribution in [0.25, 0.3) is 0 Å². The Kier molecular flexibility index (Phi) is 8.51. The number of ketones is 2. The standard InChI is InChI=1S/C28H31N3O6S2/c1-7-9-12-37-19-11-10-18(13-20(19)36-8-2)22-21(23(33)26-15(4)29-17(6)38-26)24(34)27(35)31(22)28-30-14(3)25(39-28)16(5)32/h10-11,13,22,34H,7-9,12H2,1-6H3. The van der Waals surface area contributed by atoms with E-state index in [1.54, 1.807) is 39.0 Å². The molecule has 206 valence electrons. The molecule has 3 aromatic rings. The molecule has 39 heavy (non-hydrogen) atoms. The molecular formula is C28H31N3O6S2. The molecule has 3 heterocycles. The number of hydrogen-bond acceptors (Lipinski definition) is 10. The number of carbonyl (C=O) groups is 3. The Hall–Kier alpha value is -3.57. The van der Waals surface area contributed by atoms with Crippen molar-refractivity contribution in [2.75, 3.05) is 18.1 Å². The second kappa shape index (κ2) is 11.7. The number of carbonyl (C=O) groups excluding carboxylic acids is 3. The summed E-state index contributed by atoms with van der Waals surface area (Å²) in [5.74, 6) is -1.10. The topological polar surface area (TPSA) is 119 Å². The van der Waals surface area contributed by atoms with Crippen LogP contribution in [0.15, 0.2) is 29.5 Å². The van der Waals surface area contributed by atoms with E-state index >= 15 is 0 Å². The number of benzene rings is 1. The van der Waals surface area contributed by atoms with E-state index < -0.39 is 23.5 Å². The number of nitrogens with zero attached hydrogens (tertiary/aromatic N) is 3. The molecule has 0 fully saturated rings. The highest BCUT2D eigenvalue weighted by molar-refractivity contribution is 7.18. The monoisotopic (exact) mass is 569 g/mol. The lowest BCUT2D eigenvalue weighted by molar-refractivity contribution is -0.117. The van der Waals surface area contributed by atoms with Crippen molar-refractivity contribution in [3.05, 3.63) is 61.2 Å². The number of amides is 1. The third kappa shape index (κ3) is 5.46. The Morgan fingerprint density at radius 2 is 1.74 bits per heavy atom. The minimum Gasteiger partial charge on any atom is -0.503 e. The van der Waals surface area contributed by atoms with Crippen molar-refractivity contribution in [3.63, 3.8) is 0 Å². The fourth-order valence-corrected chi connectivity index (χ4v) is 6.30. The first-order chi connectivity index (χ1) is 18.6. The maximum absolute atomic E-state index is 13.9. The smallest absolute Gasteiger partial charge is 0.296 e. The number of hydrogen-bond donors (Lipinski definition) is 1. The van der Waals surface area contributed by atoms with Crippen LogP contribution < -0.4 is 14.4 Å². The molecule has 0 spiro atoms. The molecule has 1 aliphatic rings. The zero-order valence-electron chi connectivity index (χ0n) is 22.8. The van der Waals surface area contributed by atoms with E-state index in [1.807, 2.05) is 6.92 Å². The van der Waals surface area contributed by atoms with Gasteiger partial charge in [0, 0.05) is 6.92 Å². The molecule has 1 amide bonds. The summed E-state index contributed by atoms with van der Waals surface area (Å²) in [4.78, 5) is 50.4. The van der Waals surface area contributed by atoms with Gasteiger partial charge in [0.1, 0.15) is 0 Å². The Morgan fingerprint density at radius 3 is 2.33 bits per heavy atom. The van der Waals surface area contributed by atoms with Crippen molar-refractivity contribution >= 4 is 45.3 Å². The number of Topliss-reactive ketones (excluding diaryl/α,β-unsaturated/α-hetero) is 2. The van der Waals surface area contributed by atoms with Crippen LogP contribution in [0.4, 0.5) is 5.13 Å². The first-order valence-electron chi connectivity index (χ1n) is 12.7. The van der Waals surface area contributed by atoms with E-state index in [9.17, 15) is 19.5 Å². The summed E-state index contributed by atoms with van der Waals surface area (Å²) in [7, 11) is 0. The molecule has 0 radical (unpaired) electrons. The van der Waals surface area contributed by atoms with Gasteiger partial charge in [0.25, 0.3) is 5.91 Å². The number of thiazole rings is 2. The molecule has 0 saturated heterocycles. The summed E-state index contributed by atoms with van der Waals surface area (Å²) in [6.45, 7) is 11.4. The highest BCUT2D eigenvalue weighted by atomic mass is 32.1. The van der Waals surface area contributed by atoms with Gasteiger partial charge < -0.3 is 14.6 Å². The first-order valence-corrected chi connectivity index (χ1v) is 14.4. The average molecular weight is 570 g/mol. The zero-order valence-corrected chi connectivity index (χ0v) is 24.4. The Bertz CT molecular complexity index is 1470. The lowest BCUT2D eigenvalue weighted by Gasteiger charge is -2.25. The second-order valence-electron chi connectivity index (χ2n) is 9.12. The van der Waals surface area contributed by atoms with Gasteiger partial charge in [0.05, 0.1) is 51.0 Å². The van der Waals surface area contributed by atoms with Crippen LogP contribution in [-0.2, 0) is 4.79 Å². The summed E-state index contributed by atoms with van der Waals surface area (Å²) in [6, 6.07) is 4.20. The van der Waals surface area contributed by atoms with Crippen LogP contribution >= 0.6 is 22.7 Å². The minimum absolute atomic E-state index is 0.0777. The molecule has 1 aliphatic heterocycles. The number of aryl methyl sites for hydroxylation is 3. The normalized spacial score (nSPS) is 15.3. The van der Waals surface area contributed by atoms with Crippen LogP contribution in [-0.4, -0.2) is 45.8 Å². The van der Waals surface area contributed by atoms with Gasteiger partial charge in [-0.2, -0.15) is 0 Å². The van der Waals surface area contributed by atoms with E-state index in [0.29, 0.717) is 56.4 Å². The van der Waals surface area contributed by atoms with Gasteiger partial charge in [-0.3, -0.25) is 19.3 Å². The zero-order chi connectivity index (χ0) is 28.4. The van der Waals surface area contributed by atoms with Crippen LogP contribution in [0.1, 0.15) is 81.0 Å². The summed E-state index contributed by atoms with van der Waals surface area (Å²) in [6.07, 6.45) is 1.85. The van der Waals surface area contributed by atoms with Gasteiger partial charge in [-0.25, -0.2) is 9.97 Å². The molecule has 9 nitrogen and oxygen atoms in total. The quantitative estimate of drug-likeness (QED) is 0.218. The minimum atomic E-state index is -1.01. The summed E-state index contributed by atoms with van der Waals surface area (Å²) in [5, 5.41) is 12.0. The predicted octanol–water partition coefficient (Wildman–Crippen LogP) is 6.09. The first kappa shape index (κ1) is 28.4. The van der Waals surface area contributed by atoms with Gasteiger partial charge in [-0.05, 0) is 51.8 Å². The molecule has 0 aliphatic carbocycles. The van der Waals surface area contributed by atoms with E-state index in [-0.39, 0.29) is 16.5 Å². The van der Waals surface area contributed by atoms with E-state index in [2.05, 4.69) is 16.9 Å². The van der Waals surface area contributed by atoms with Gasteiger partial charge in [-0.15, -0.1) is 11.3 Å². The Balaban J connectivity index is 1.88. The van der Waals surface area contributed by atoms with Gasteiger partial charge in [-0.1, -0.05) is 30.7 Å². The van der Waals surface area contributed by atoms with Crippen molar-refractivity contribution in [3.8, 4) is 11.5 Å². The largest absolute Gasteiger partial charge is 0.503 e. The molecule has 1 aromatic carbocycles. The SMILES string of the molecule is CCCCOc1ccc(C2C(C(=O)c3sc(C)nc3C)=C(O)C(=O)N2c2nc(C)c(C(C)=O)s2)cc1OCC. The Morgan fingerprint density at radius 1 is 1.03 bits per heavy atom. The van der Waals surface area contributed by atoms with Crippen LogP contribution in [0.5, 0.6) is 11.5 Å². The molecule has 0 bridgehead atoms. The number of aromatic nitrogens is 2. The van der Waals surface area contributed by atoms with Crippen molar-refractivity contribution in [2.45, 2.75) is 60.4 Å². The summed E-state index contributed by atoms with van der Waals surface area (Å²) >= 11 is 2.25. The van der Waals surface area contributed by atoms with Crippen molar-refractivity contribution < 1.29 is 29.0 Å². The highest BCUT2D eigenvalue weighted by Gasteiger charge is 2.47. The number of aliphatic hydroxyl groups excluding tert-OH is 1. The molecule has 11 heteroatoms. The maximum Gasteiger partial charge on any atom is 0.296 e. The van der Waals surface area contributed by atoms with Crippen molar-refractivity contribution in [1.82, 2.24) is 9.97 Å². The molecule has 1 atom stereocenters. The fraction of sp³-hybridized carbons (Fsp3) is 0.393. The number of ether oxygens (including phenoxy) is 2. The van der Waals surface area contributed by atoms with Crippen molar-refractivity contribution in [1.29, 1.82) is 0 Å². The second-order valence-corrected chi connectivity index (χ2v) is 11.3. The molecule has 4 rings (SSSR count). The van der Waals surface area contributed by atoms with E-state index in [0.717, 1.165) is 24.2 Å². The molecule has 2 aromatic heterocycles. The van der Waals surface area contributed by atoms with Crippen LogP contribution in [0, 0.1) is 20.8 Å². The van der Waals surface area contributed by atoms with E-state index in [4.69, 9.17) is 9.47 Å². The highest BCUT2D eigenvalue weighted by Crippen LogP contribution is 2.46. The lowest BCUT2D eigenvalue weighted by Crippen LogP contribution is -2.31. The van der Waals surface area contributed by atoms with Gasteiger partial charge >= 0.3 is 0 Å². The Labute approximate surface area is 235 Å².